The smallest absolute Gasteiger partial charge is 0.236 e. The molecule has 27 heavy (non-hydrogen) atoms. The van der Waals surface area contributed by atoms with Crippen LogP contribution >= 0.6 is 12.0 Å². The van der Waals surface area contributed by atoms with Crippen molar-refractivity contribution in [2.24, 2.45) is 5.73 Å². The number of allylic oxidation sites excluding steroid dienone is 1. The summed E-state index contributed by atoms with van der Waals surface area (Å²) in [6, 6.07) is 15.2. The molecule has 0 amide bonds. The maximum absolute atomic E-state index is 11.3. The Kier molecular flexibility index (Phi) is 7.88. The molecule has 144 valence electrons. The predicted molar refractivity (Wildman–Crippen MR) is 105 cm³/mol. The third-order valence-electron chi connectivity index (χ3n) is 3.75. The summed E-state index contributed by atoms with van der Waals surface area (Å²) in [7, 11) is 3.13. The van der Waals surface area contributed by atoms with E-state index in [0.29, 0.717) is 23.5 Å². The molecule has 0 radical (unpaired) electrons. The summed E-state index contributed by atoms with van der Waals surface area (Å²) in [5, 5.41) is 0. The van der Waals surface area contributed by atoms with Crippen LogP contribution in [0.4, 0.5) is 0 Å². The lowest BCUT2D eigenvalue weighted by Crippen LogP contribution is -2.12. The number of hydrogen-bond acceptors (Lipinski definition) is 7. The van der Waals surface area contributed by atoms with Gasteiger partial charge >= 0.3 is 0 Å². The van der Waals surface area contributed by atoms with Crippen molar-refractivity contribution in [3.63, 3.8) is 0 Å². The van der Waals surface area contributed by atoms with Gasteiger partial charge in [0.2, 0.25) is 11.6 Å². The van der Waals surface area contributed by atoms with Crippen LogP contribution in [0.25, 0.3) is 0 Å². The number of aldehydes is 1. The van der Waals surface area contributed by atoms with Crippen molar-refractivity contribution in [1.29, 1.82) is 0 Å². The number of methoxy groups -OCH3 is 2. The molecule has 0 aliphatic heterocycles. The van der Waals surface area contributed by atoms with Gasteiger partial charge in [0.15, 0.2) is 17.8 Å². The van der Waals surface area contributed by atoms with Crippen LogP contribution in [0.2, 0.25) is 0 Å². The SMILES string of the molecule is COc1ccc(C(C)O/C(N)=C(\C=O)OSCc2ccccc2)cc1OC. The Balaban J connectivity index is 2.01. The number of carbonyl (C=O) groups excluding carboxylic acids is 1. The van der Waals surface area contributed by atoms with Crippen LogP contribution in [0.1, 0.15) is 24.2 Å². The van der Waals surface area contributed by atoms with E-state index in [1.807, 2.05) is 43.3 Å². The van der Waals surface area contributed by atoms with Gasteiger partial charge in [-0.25, -0.2) is 0 Å². The fourth-order valence-corrected chi connectivity index (χ4v) is 2.91. The van der Waals surface area contributed by atoms with Crippen LogP contribution in [-0.2, 0) is 19.5 Å². The summed E-state index contributed by atoms with van der Waals surface area (Å²) in [6.45, 7) is 1.81. The minimum absolute atomic E-state index is 0.0525. The number of ether oxygens (including phenoxy) is 3. The highest BCUT2D eigenvalue weighted by Crippen LogP contribution is 2.31. The van der Waals surface area contributed by atoms with Gasteiger partial charge in [0.05, 0.1) is 32.0 Å². The lowest BCUT2D eigenvalue weighted by molar-refractivity contribution is -0.106. The van der Waals surface area contributed by atoms with Gasteiger partial charge in [0.1, 0.15) is 6.10 Å². The molecule has 0 aliphatic carbocycles. The highest BCUT2D eigenvalue weighted by molar-refractivity contribution is 7.94. The van der Waals surface area contributed by atoms with Crippen LogP contribution in [0.5, 0.6) is 11.5 Å². The summed E-state index contributed by atoms with van der Waals surface area (Å²) in [5.74, 6) is 1.65. The second-order valence-electron chi connectivity index (χ2n) is 5.55. The van der Waals surface area contributed by atoms with Crippen molar-refractivity contribution in [2.75, 3.05) is 14.2 Å². The van der Waals surface area contributed by atoms with Crippen molar-refractivity contribution in [1.82, 2.24) is 0 Å². The topological polar surface area (TPSA) is 80.0 Å². The third-order valence-corrected chi connectivity index (χ3v) is 4.50. The second-order valence-corrected chi connectivity index (χ2v) is 6.24. The zero-order chi connectivity index (χ0) is 19.6. The van der Waals surface area contributed by atoms with E-state index in [9.17, 15) is 4.79 Å². The number of hydrogen-bond donors (Lipinski definition) is 1. The largest absolute Gasteiger partial charge is 0.493 e. The maximum Gasteiger partial charge on any atom is 0.236 e. The summed E-state index contributed by atoms with van der Waals surface area (Å²) < 4.78 is 21.6. The number of rotatable bonds is 10. The van der Waals surface area contributed by atoms with Crippen LogP contribution < -0.4 is 15.2 Å². The Hall–Kier alpha value is -2.80. The predicted octanol–water partition coefficient (Wildman–Crippen LogP) is 3.97. The average Bonchev–Trinajstić information content (AvgIpc) is 2.71. The maximum atomic E-state index is 11.3. The standard InChI is InChI=1S/C20H23NO5S/c1-14(16-9-10-17(23-2)18(11-16)24-3)25-20(21)19(12-22)26-27-13-15-7-5-4-6-8-15/h4-12,14H,13,21H2,1-3H3/b20-19+. The molecule has 0 saturated heterocycles. The minimum Gasteiger partial charge on any atom is -0.493 e. The Labute approximate surface area is 163 Å². The van der Waals surface area contributed by atoms with E-state index in [4.69, 9.17) is 24.1 Å². The van der Waals surface area contributed by atoms with E-state index in [-0.39, 0.29) is 11.6 Å². The Morgan fingerprint density at radius 3 is 2.44 bits per heavy atom. The molecule has 2 N–H and O–H groups in total. The number of benzene rings is 2. The molecular formula is C20H23NO5S. The lowest BCUT2D eigenvalue weighted by Gasteiger charge is -2.17. The first kappa shape index (κ1) is 20.5. The summed E-state index contributed by atoms with van der Waals surface area (Å²) >= 11 is 1.12. The van der Waals surface area contributed by atoms with E-state index in [0.717, 1.165) is 23.2 Å². The van der Waals surface area contributed by atoms with Crippen LogP contribution in [0, 0.1) is 0 Å². The Bertz CT molecular complexity index is 779. The van der Waals surface area contributed by atoms with Crippen molar-refractivity contribution in [3.05, 3.63) is 71.3 Å². The van der Waals surface area contributed by atoms with E-state index in [2.05, 4.69) is 0 Å². The van der Waals surface area contributed by atoms with Gasteiger partial charge in [-0.15, -0.1) is 0 Å². The van der Waals surface area contributed by atoms with Crippen molar-refractivity contribution in [3.8, 4) is 11.5 Å². The van der Waals surface area contributed by atoms with Crippen molar-refractivity contribution in [2.45, 2.75) is 18.8 Å². The molecule has 0 aliphatic rings. The van der Waals surface area contributed by atoms with E-state index in [1.165, 1.54) is 0 Å². The number of nitrogens with two attached hydrogens (primary N) is 1. The highest BCUT2D eigenvalue weighted by atomic mass is 32.2. The highest BCUT2D eigenvalue weighted by Gasteiger charge is 2.15. The van der Waals surface area contributed by atoms with E-state index < -0.39 is 6.10 Å². The monoisotopic (exact) mass is 389 g/mol. The number of carbonyl (C=O) groups is 1. The van der Waals surface area contributed by atoms with Gasteiger partial charge in [0.25, 0.3) is 0 Å². The Morgan fingerprint density at radius 1 is 1.11 bits per heavy atom. The molecule has 2 aromatic rings. The molecule has 0 bridgehead atoms. The first-order valence-electron chi connectivity index (χ1n) is 8.26. The molecule has 0 saturated carbocycles. The molecule has 1 atom stereocenters. The normalized spacial score (nSPS) is 12.6. The summed E-state index contributed by atoms with van der Waals surface area (Å²) in [6.07, 6.45) is 0.122. The van der Waals surface area contributed by atoms with Crippen molar-refractivity contribution < 1.29 is 23.2 Å². The second kappa shape index (κ2) is 10.4. The van der Waals surface area contributed by atoms with Crippen LogP contribution in [0.15, 0.2) is 60.2 Å². The van der Waals surface area contributed by atoms with Gasteiger partial charge in [-0.2, -0.15) is 0 Å². The molecule has 0 aromatic heterocycles. The van der Waals surface area contributed by atoms with E-state index >= 15 is 0 Å². The molecule has 6 nitrogen and oxygen atoms in total. The molecule has 0 heterocycles. The van der Waals surface area contributed by atoms with Gasteiger partial charge in [-0.1, -0.05) is 36.4 Å². The molecule has 1 unspecified atom stereocenters. The van der Waals surface area contributed by atoms with Gasteiger partial charge in [0, 0.05) is 0 Å². The first-order chi connectivity index (χ1) is 13.1. The molecule has 2 aromatic carbocycles. The zero-order valence-electron chi connectivity index (χ0n) is 15.5. The molecule has 0 fully saturated rings. The van der Waals surface area contributed by atoms with Gasteiger partial charge in [-0.05, 0) is 30.2 Å². The quantitative estimate of drug-likeness (QED) is 0.285. The zero-order valence-corrected chi connectivity index (χ0v) is 16.3. The molecule has 2 rings (SSSR count). The summed E-state index contributed by atoms with van der Waals surface area (Å²) in [5.41, 5.74) is 7.80. The first-order valence-corrected chi connectivity index (χ1v) is 9.17. The summed E-state index contributed by atoms with van der Waals surface area (Å²) in [4.78, 5) is 11.3. The van der Waals surface area contributed by atoms with Gasteiger partial charge < -0.3 is 24.1 Å². The molecule has 7 heteroatoms. The third kappa shape index (κ3) is 5.86. The molecule has 0 spiro atoms. The minimum atomic E-state index is -0.414. The van der Waals surface area contributed by atoms with Crippen molar-refractivity contribution >= 4 is 18.3 Å². The van der Waals surface area contributed by atoms with Gasteiger partial charge in [-0.3, -0.25) is 4.79 Å². The van der Waals surface area contributed by atoms with E-state index in [1.54, 1.807) is 26.4 Å². The fraction of sp³-hybridized carbons (Fsp3) is 0.250. The van der Waals surface area contributed by atoms with Crippen LogP contribution in [-0.4, -0.2) is 20.5 Å². The average molecular weight is 389 g/mol. The van der Waals surface area contributed by atoms with Crippen LogP contribution in [0.3, 0.4) is 0 Å². The molecular weight excluding hydrogens is 366 g/mol. The fourth-order valence-electron chi connectivity index (χ4n) is 2.28. The lowest BCUT2D eigenvalue weighted by atomic mass is 10.1. The Morgan fingerprint density at radius 2 is 1.81 bits per heavy atom.